The Morgan fingerprint density at radius 2 is 1.25 bits per heavy atom. The van der Waals surface area contributed by atoms with Gasteiger partial charge in [-0.15, -0.1) is 0 Å². The molecule has 1 aliphatic rings. The molecule has 3 aromatic rings. The van der Waals surface area contributed by atoms with Gasteiger partial charge in [0.15, 0.2) is 0 Å². The molecule has 1 fully saturated rings. The minimum atomic E-state index is 0.00520. The standard InChI is InChI=1S/C26H27NO/c1-19(2)25(24-18-23(24)20-12-6-3-7-13-20)26(28)27(21-14-8-4-9-15-21)22-16-10-5-11-17-22/h3-17,19,23-25H,18H2,1-2H3/t23-,24+,25-/m0/s1. The van der Waals surface area contributed by atoms with Crippen LogP contribution in [0.25, 0.3) is 0 Å². The van der Waals surface area contributed by atoms with Crippen molar-refractivity contribution in [3.05, 3.63) is 96.6 Å². The van der Waals surface area contributed by atoms with Crippen LogP contribution in [0.2, 0.25) is 0 Å². The van der Waals surface area contributed by atoms with Crippen LogP contribution in [0.3, 0.4) is 0 Å². The molecule has 0 spiro atoms. The molecule has 1 saturated carbocycles. The van der Waals surface area contributed by atoms with Gasteiger partial charge >= 0.3 is 0 Å². The Hall–Kier alpha value is -2.87. The van der Waals surface area contributed by atoms with Crippen LogP contribution in [-0.2, 0) is 4.79 Å². The molecule has 0 aliphatic heterocycles. The maximum atomic E-state index is 13.9. The molecule has 1 amide bonds. The molecule has 28 heavy (non-hydrogen) atoms. The summed E-state index contributed by atoms with van der Waals surface area (Å²) in [5.41, 5.74) is 3.22. The first-order valence-corrected chi connectivity index (χ1v) is 10.2. The zero-order valence-corrected chi connectivity index (χ0v) is 16.5. The Kier molecular flexibility index (Phi) is 5.29. The number of carbonyl (C=O) groups excluding carboxylic acids is 1. The second kappa shape index (κ2) is 8.02. The normalized spacial score (nSPS) is 19.2. The van der Waals surface area contributed by atoms with Crippen molar-refractivity contribution in [2.24, 2.45) is 17.8 Å². The van der Waals surface area contributed by atoms with Gasteiger partial charge in [-0.1, -0.05) is 80.6 Å². The number of nitrogens with zero attached hydrogens (tertiary/aromatic N) is 1. The molecule has 142 valence electrons. The molecule has 0 radical (unpaired) electrons. The van der Waals surface area contributed by atoms with Gasteiger partial charge < -0.3 is 0 Å². The Labute approximate surface area is 167 Å². The van der Waals surface area contributed by atoms with Crippen molar-refractivity contribution in [2.45, 2.75) is 26.2 Å². The topological polar surface area (TPSA) is 20.3 Å². The highest BCUT2D eigenvalue weighted by molar-refractivity contribution is 6.02. The van der Waals surface area contributed by atoms with Crippen LogP contribution in [0.5, 0.6) is 0 Å². The van der Waals surface area contributed by atoms with E-state index in [9.17, 15) is 4.79 Å². The van der Waals surface area contributed by atoms with Gasteiger partial charge in [0.2, 0.25) is 5.91 Å². The zero-order chi connectivity index (χ0) is 19.5. The first-order chi connectivity index (χ1) is 13.7. The summed E-state index contributed by atoms with van der Waals surface area (Å²) in [6.45, 7) is 4.36. The predicted octanol–water partition coefficient (Wildman–Crippen LogP) is 6.43. The third-order valence-electron chi connectivity index (χ3n) is 5.78. The van der Waals surface area contributed by atoms with Crippen molar-refractivity contribution < 1.29 is 4.79 Å². The van der Waals surface area contributed by atoms with E-state index in [0.29, 0.717) is 17.8 Å². The Morgan fingerprint density at radius 3 is 1.71 bits per heavy atom. The fourth-order valence-electron chi connectivity index (χ4n) is 4.36. The second-order valence-electron chi connectivity index (χ2n) is 8.03. The van der Waals surface area contributed by atoms with Gasteiger partial charge in [-0.3, -0.25) is 9.69 Å². The summed E-state index contributed by atoms with van der Waals surface area (Å²) in [6.07, 6.45) is 1.09. The van der Waals surface area contributed by atoms with Gasteiger partial charge in [0, 0.05) is 17.3 Å². The molecular formula is C26H27NO. The van der Waals surface area contributed by atoms with E-state index in [-0.39, 0.29) is 11.8 Å². The maximum absolute atomic E-state index is 13.9. The highest BCUT2D eigenvalue weighted by atomic mass is 16.2. The number of amides is 1. The lowest BCUT2D eigenvalue weighted by Gasteiger charge is -2.30. The number of benzene rings is 3. The highest BCUT2D eigenvalue weighted by Gasteiger charge is 2.49. The van der Waals surface area contributed by atoms with E-state index < -0.39 is 0 Å². The van der Waals surface area contributed by atoms with E-state index in [0.717, 1.165) is 17.8 Å². The first-order valence-electron chi connectivity index (χ1n) is 10.2. The monoisotopic (exact) mass is 369 g/mol. The fraction of sp³-hybridized carbons (Fsp3) is 0.269. The van der Waals surface area contributed by atoms with Crippen LogP contribution in [0.1, 0.15) is 31.7 Å². The average Bonchev–Trinajstić information content (AvgIpc) is 3.50. The van der Waals surface area contributed by atoms with Crippen LogP contribution in [-0.4, -0.2) is 5.91 Å². The first kappa shape index (κ1) is 18.5. The van der Waals surface area contributed by atoms with Crippen molar-refractivity contribution in [3.8, 4) is 0 Å². The molecule has 0 saturated heterocycles. The van der Waals surface area contributed by atoms with Gasteiger partial charge in [0.25, 0.3) is 0 Å². The summed E-state index contributed by atoms with van der Waals surface area (Å²) in [7, 11) is 0. The smallest absolute Gasteiger partial charge is 0.235 e. The summed E-state index contributed by atoms with van der Waals surface area (Å²) < 4.78 is 0. The quantitative estimate of drug-likeness (QED) is 0.490. The maximum Gasteiger partial charge on any atom is 0.235 e. The molecule has 2 heteroatoms. The van der Waals surface area contributed by atoms with Crippen LogP contribution in [0.15, 0.2) is 91.0 Å². The molecule has 0 aromatic heterocycles. The predicted molar refractivity (Wildman–Crippen MR) is 116 cm³/mol. The minimum absolute atomic E-state index is 0.00520. The number of anilines is 2. The van der Waals surface area contributed by atoms with Crippen LogP contribution in [0.4, 0.5) is 11.4 Å². The molecule has 4 rings (SSSR count). The molecule has 0 bridgehead atoms. The van der Waals surface area contributed by atoms with Crippen molar-refractivity contribution >= 4 is 17.3 Å². The lowest BCUT2D eigenvalue weighted by Crippen LogP contribution is -2.36. The van der Waals surface area contributed by atoms with Crippen LogP contribution in [0, 0.1) is 17.8 Å². The molecule has 2 nitrogen and oxygen atoms in total. The van der Waals surface area contributed by atoms with E-state index in [1.807, 2.05) is 65.6 Å². The lowest BCUT2D eigenvalue weighted by atomic mass is 9.87. The summed E-state index contributed by atoms with van der Waals surface area (Å²) in [5, 5.41) is 0. The lowest BCUT2D eigenvalue weighted by molar-refractivity contribution is -0.123. The Balaban J connectivity index is 1.67. The molecule has 3 aromatic carbocycles. The van der Waals surface area contributed by atoms with Gasteiger partial charge in [0.1, 0.15) is 0 Å². The molecule has 1 aliphatic carbocycles. The Bertz CT molecular complexity index is 865. The van der Waals surface area contributed by atoms with E-state index in [1.165, 1.54) is 5.56 Å². The van der Waals surface area contributed by atoms with Gasteiger partial charge in [-0.2, -0.15) is 0 Å². The molecule has 3 atom stereocenters. The third-order valence-corrected chi connectivity index (χ3v) is 5.78. The summed E-state index contributed by atoms with van der Waals surface area (Å²) in [6, 6.07) is 30.7. The molecule has 0 heterocycles. The van der Waals surface area contributed by atoms with E-state index in [2.05, 4.69) is 44.2 Å². The number of carbonyl (C=O) groups is 1. The third kappa shape index (κ3) is 3.73. The van der Waals surface area contributed by atoms with Crippen LogP contribution >= 0.6 is 0 Å². The van der Waals surface area contributed by atoms with Crippen LogP contribution < -0.4 is 4.90 Å². The highest BCUT2D eigenvalue weighted by Crippen LogP contribution is 2.54. The zero-order valence-electron chi connectivity index (χ0n) is 16.5. The number of rotatable bonds is 6. The minimum Gasteiger partial charge on any atom is -0.281 e. The largest absolute Gasteiger partial charge is 0.281 e. The summed E-state index contributed by atoms with van der Waals surface area (Å²) >= 11 is 0. The molecular weight excluding hydrogens is 342 g/mol. The SMILES string of the molecule is CC(C)[C@H](C(=O)N(c1ccccc1)c1ccccc1)[C@@H]1C[C@H]1c1ccccc1. The fourth-order valence-corrected chi connectivity index (χ4v) is 4.36. The Morgan fingerprint density at radius 1 is 0.786 bits per heavy atom. The van der Waals surface area contributed by atoms with E-state index >= 15 is 0 Å². The number of hydrogen-bond acceptors (Lipinski definition) is 1. The number of para-hydroxylation sites is 2. The van der Waals surface area contributed by atoms with Crippen molar-refractivity contribution in [3.63, 3.8) is 0 Å². The summed E-state index contributed by atoms with van der Waals surface area (Å²) in [5.74, 6) is 1.40. The van der Waals surface area contributed by atoms with E-state index in [1.54, 1.807) is 0 Å². The number of hydrogen-bond donors (Lipinski definition) is 0. The van der Waals surface area contributed by atoms with Gasteiger partial charge in [0.05, 0.1) is 0 Å². The van der Waals surface area contributed by atoms with Crippen molar-refractivity contribution in [1.82, 2.24) is 0 Å². The van der Waals surface area contributed by atoms with E-state index in [4.69, 9.17) is 0 Å². The second-order valence-corrected chi connectivity index (χ2v) is 8.03. The van der Waals surface area contributed by atoms with Gasteiger partial charge in [-0.25, -0.2) is 0 Å². The molecule has 0 N–H and O–H groups in total. The molecule has 0 unspecified atom stereocenters. The average molecular weight is 370 g/mol. The van der Waals surface area contributed by atoms with Crippen molar-refractivity contribution in [1.29, 1.82) is 0 Å². The summed E-state index contributed by atoms with van der Waals surface area (Å²) in [4.78, 5) is 15.8. The van der Waals surface area contributed by atoms with Gasteiger partial charge in [-0.05, 0) is 54.0 Å². The van der Waals surface area contributed by atoms with Crippen molar-refractivity contribution in [2.75, 3.05) is 4.90 Å².